The number of ether oxygens (including phenoxy) is 1. The van der Waals surface area contributed by atoms with Crippen molar-refractivity contribution in [2.24, 2.45) is 0 Å². The first-order valence-electron chi connectivity index (χ1n) is 6.57. The third kappa shape index (κ3) is 4.91. The number of carbonyl (C=O) groups is 3. The van der Waals surface area contributed by atoms with Gasteiger partial charge in [0, 0.05) is 7.05 Å². The molecular weight excluding hydrogens is 272 g/mol. The van der Waals surface area contributed by atoms with Gasteiger partial charge in [-0.1, -0.05) is 17.7 Å². The van der Waals surface area contributed by atoms with Crippen LogP contribution in [-0.2, 0) is 14.3 Å². The minimum absolute atomic E-state index is 0.143. The molecular formula is C15H20N2O4. The van der Waals surface area contributed by atoms with Crippen molar-refractivity contribution in [3.05, 3.63) is 34.4 Å². The van der Waals surface area contributed by atoms with E-state index in [-0.39, 0.29) is 12.5 Å². The fourth-order valence-corrected chi connectivity index (χ4v) is 2.02. The molecule has 1 aromatic carbocycles. The highest BCUT2D eigenvalue weighted by atomic mass is 16.5. The quantitative estimate of drug-likeness (QED) is 0.780. The van der Waals surface area contributed by atoms with Crippen LogP contribution in [0.5, 0.6) is 0 Å². The predicted molar refractivity (Wildman–Crippen MR) is 78.0 cm³/mol. The van der Waals surface area contributed by atoms with E-state index >= 15 is 0 Å². The van der Waals surface area contributed by atoms with Gasteiger partial charge in [0.1, 0.15) is 0 Å². The maximum atomic E-state index is 12.0. The standard InChI is InChI=1S/C15H20N2O4/c1-9-5-10(2)14(11(3)6-9)15(20)21-8-13(19)17-7-12(18)16-4/h5-6H,7-8H2,1-4H3,(H,16,18)(H,17,19). The summed E-state index contributed by atoms with van der Waals surface area (Å²) in [5.41, 5.74) is 3.15. The molecule has 0 saturated carbocycles. The Balaban J connectivity index is 2.59. The Bertz CT molecular complexity index is 544. The zero-order valence-electron chi connectivity index (χ0n) is 12.7. The van der Waals surface area contributed by atoms with Crippen molar-refractivity contribution in [2.45, 2.75) is 20.8 Å². The second-order valence-electron chi connectivity index (χ2n) is 4.80. The van der Waals surface area contributed by atoms with Crippen molar-refractivity contribution in [3.63, 3.8) is 0 Å². The summed E-state index contributed by atoms with van der Waals surface area (Å²) in [5.74, 6) is -1.38. The summed E-state index contributed by atoms with van der Waals surface area (Å²) in [5, 5.41) is 4.72. The van der Waals surface area contributed by atoms with Gasteiger partial charge >= 0.3 is 5.97 Å². The van der Waals surface area contributed by atoms with Gasteiger partial charge in [0.2, 0.25) is 5.91 Å². The van der Waals surface area contributed by atoms with Crippen LogP contribution in [0.2, 0.25) is 0 Å². The topological polar surface area (TPSA) is 84.5 Å². The average Bonchev–Trinajstić information content (AvgIpc) is 2.41. The van der Waals surface area contributed by atoms with Crippen LogP contribution >= 0.6 is 0 Å². The predicted octanol–water partition coefficient (Wildman–Crippen LogP) is 0.631. The summed E-state index contributed by atoms with van der Waals surface area (Å²) >= 11 is 0. The van der Waals surface area contributed by atoms with Crippen LogP contribution in [0.1, 0.15) is 27.0 Å². The molecule has 2 N–H and O–H groups in total. The number of carbonyl (C=O) groups excluding carboxylic acids is 3. The van der Waals surface area contributed by atoms with Crippen LogP contribution in [0.3, 0.4) is 0 Å². The molecule has 0 bridgehead atoms. The average molecular weight is 292 g/mol. The Labute approximate surface area is 123 Å². The molecule has 21 heavy (non-hydrogen) atoms. The third-order valence-electron chi connectivity index (χ3n) is 2.94. The van der Waals surface area contributed by atoms with Crippen molar-refractivity contribution < 1.29 is 19.1 Å². The highest BCUT2D eigenvalue weighted by molar-refractivity contribution is 5.94. The van der Waals surface area contributed by atoms with Gasteiger partial charge < -0.3 is 15.4 Å². The molecule has 0 atom stereocenters. The molecule has 0 spiro atoms. The van der Waals surface area contributed by atoms with Crippen LogP contribution < -0.4 is 10.6 Å². The Hall–Kier alpha value is -2.37. The van der Waals surface area contributed by atoms with Crippen molar-refractivity contribution in [2.75, 3.05) is 20.2 Å². The van der Waals surface area contributed by atoms with Crippen LogP contribution in [0.4, 0.5) is 0 Å². The number of aryl methyl sites for hydroxylation is 3. The molecule has 2 amide bonds. The highest BCUT2D eigenvalue weighted by Gasteiger charge is 2.15. The van der Waals surface area contributed by atoms with E-state index in [1.54, 1.807) is 0 Å². The summed E-state index contributed by atoms with van der Waals surface area (Å²) in [6.45, 7) is 5.03. The number of hydrogen-bond acceptors (Lipinski definition) is 4. The first-order chi connectivity index (χ1) is 9.85. The number of likely N-dealkylation sites (N-methyl/N-ethyl adjacent to an activating group) is 1. The molecule has 0 unspecified atom stereocenters. The van der Waals surface area contributed by atoms with E-state index in [9.17, 15) is 14.4 Å². The minimum atomic E-state index is -0.542. The van der Waals surface area contributed by atoms with Gasteiger partial charge in [-0.25, -0.2) is 4.79 Å². The Morgan fingerprint density at radius 3 is 2.14 bits per heavy atom. The summed E-state index contributed by atoms with van der Waals surface area (Å²) < 4.78 is 4.97. The normalized spacial score (nSPS) is 9.90. The van der Waals surface area contributed by atoms with Crippen LogP contribution in [-0.4, -0.2) is 38.0 Å². The zero-order valence-corrected chi connectivity index (χ0v) is 12.7. The number of amides is 2. The molecule has 1 rings (SSSR count). The van der Waals surface area contributed by atoms with Gasteiger partial charge in [0.25, 0.3) is 5.91 Å². The van der Waals surface area contributed by atoms with Gasteiger partial charge in [-0.3, -0.25) is 9.59 Å². The molecule has 0 saturated heterocycles. The summed E-state index contributed by atoms with van der Waals surface area (Å²) in [4.78, 5) is 34.4. The first kappa shape index (κ1) is 16.7. The van der Waals surface area contributed by atoms with E-state index in [0.29, 0.717) is 5.56 Å². The lowest BCUT2D eigenvalue weighted by molar-refractivity contribution is -0.127. The maximum absolute atomic E-state index is 12.0. The molecule has 0 heterocycles. The first-order valence-corrected chi connectivity index (χ1v) is 6.57. The Morgan fingerprint density at radius 1 is 1.05 bits per heavy atom. The molecule has 1 aromatic rings. The summed E-state index contributed by atoms with van der Waals surface area (Å²) in [6, 6.07) is 3.77. The van der Waals surface area contributed by atoms with E-state index < -0.39 is 18.5 Å². The molecule has 0 aliphatic rings. The molecule has 6 heteroatoms. The van der Waals surface area contributed by atoms with E-state index in [2.05, 4.69) is 10.6 Å². The van der Waals surface area contributed by atoms with Crippen molar-refractivity contribution in [3.8, 4) is 0 Å². The second kappa shape index (κ2) is 7.42. The Kier molecular flexibility index (Phi) is 5.90. The van der Waals surface area contributed by atoms with E-state index in [1.165, 1.54) is 7.05 Å². The van der Waals surface area contributed by atoms with Gasteiger partial charge in [0.15, 0.2) is 6.61 Å². The smallest absolute Gasteiger partial charge is 0.339 e. The molecule has 0 aliphatic carbocycles. The number of esters is 1. The molecule has 0 fully saturated rings. The number of hydrogen-bond donors (Lipinski definition) is 2. The van der Waals surface area contributed by atoms with Gasteiger partial charge in [-0.15, -0.1) is 0 Å². The fraction of sp³-hybridized carbons (Fsp3) is 0.400. The summed E-state index contributed by atoms with van der Waals surface area (Å²) in [6.07, 6.45) is 0. The van der Waals surface area contributed by atoms with E-state index in [1.807, 2.05) is 32.9 Å². The zero-order chi connectivity index (χ0) is 16.0. The molecule has 6 nitrogen and oxygen atoms in total. The molecule has 0 aromatic heterocycles. The van der Waals surface area contributed by atoms with Gasteiger partial charge in [-0.05, 0) is 31.9 Å². The van der Waals surface area contributed by atoms with Gasteiger partial charge in [-0.2, -0.15) is 0 Å². The fourth-order valence-electron chi connectivity index (χ4n) is 2.02. The van der Waals surface area contributed by atoms with Gasteiger partial charge in [0.05, 0.1) is 12.1 Å². The molecule has 0 radical (unpaired) electrons. The number of rotatable bonds is 5. The molecule has 114 valence electrons. The second-order valence-corrected chi connectivity index (χ2v) is 4.80. The van der Waals surface area contributed by atoms with Crippen LogP contribution in [0.25, 0.3) is 0 Å². The lowest BCUT2D eigenvalue weighted by Crippen LogP contribution is -2.37. The largest absolute Gasteiger partial charge is 0.452 e. The Morgan fingerprint density at radius 2 is 1.62 bits per heavy atom. The summed E-state index contributed by atoms with van der Waals surface area (Å²) in [7, 11) is 1.47. The monoisotopic (exact) mass is 292 g/mol. The number of nitrogens with one attached hydrogen (secondary N) is 2. The van der Waals surface area contributed by atoms with E-state index in [4.69, 9.17) is 4.74 Å². The van der Waals surface area contributed by atoms with E-state index in [0.717, 1.165) is 16.7 Å². The van der Waals surface area contributed by atoms with Crippen molar-refractivity contribution >= 4 is 17.8 Å². The van der Waals surface area contributed by atoms with Crippen LogP contribution in [0, 0.1) is 20.8 Å². The highest BCUT2D eigenvalue weighted by Crippen LogP contribution is 2.17. The third-order valence-corrected chi connectivity index (χ3v) is 2.94. The lowest BCUT2D eigenvalue weighted by atomic mass is 10.00. The molecule has 0 aliphatic heterocycles. The SMILES string of the molecule is CNC(=O)CNC(=O)COC(=O)c1c(C)cc(C)cc1C. The minimum Gasteiger partial charge on any atom is -0.452 e. The van der Waals surface area contributed by atoms with Crippen LogP contribution in [0.15, 0.2) is 12.1 Å². The lowest BCUT2D eigenvalue weighted by Gasteiger charge is -2.11. The maximum Gasteiger partial charge on any atom is 0.339 e. The van der Waals surface area contributed by atoms with Crippen molar-refractivity contribution in [1.29, 1.82) is 0 Å². The number of benzene rings is 1. The van der Waals surface area contributed by atoms with Crippen molar-refractivity contribution in [1.82, 2.24) is 10.6 Å².